The minimum Gasteiger partial charge on any atom is -0.383 e. The summed E-state index contributed by atoms with van der Waals surface area (Å²) in [5.41, 5.74) is 6.18. The second-order valence-electron chi connectivity index (χ2n) is 6.38. The molecule has 2 fully saturated rings. The molecule has 2 aliphatic rings. The van der Waals surface area contributed by atoms with E-state index in [0.717, 1.165) is 38.7 Å². The summed E-state index contributed by atoms with van der Waals surface area (Å²) in [6, 6.07) is 0. The molecular weight excluding hydrogens is 391 g/mol. The van der Waals surface area contributed by atoms with Crippen LogP contribution in [-0.2, 0) is 4.74 Å². The quantitative estimate of drug-likeness (QED) is 0.418. The summed E-state index contributed by atoms with van der Waals surface area (Å²) in [6.07, 6.45) is 7.66. The van der Waals surface area contributed by atoms with E-state index >= 15 is 0 Å². The van der Waals surface area contributed by atoms with E-state index in [2.05, 4.69) is 14.8 Å². The van der Waals surface area contributed by atoms with Crippen LogP contribution in [-0.4, -0.2) is 68.7 Å². The number of nitrogens with two attached hydrogens (primary N) is 1. The third kappa shape index (κ3) is 7.00. The molecule has 2 rings (SSSR count). The summed E-state index contributed by atoms with van der Waals surface area (Å²) in [5, 5.41) is 0. The summed E-state index contributed by atoms with van der Waals surface area (Å²) in [5.74, 6) is 1.48. The van der Waals surface area contributed by atoms with Crippen molar-refractivity contribution in [1.82, 2.24) is 9.80 Å². The number of likely N-dealkylation sites (tertiary alicyclic amines) is 2. The Kier molecular flexibility index (Phi) is 10.4. The van der Waals surface area contributed by atoms with Gasteiger partial charge in [-0.3, -0.25) is 4.99 Å². The van der Waals surface area contributed by atoms with Crippen molar-refractivity contribution >= 4 is 29.9 Å². The highest BCUT2D eigenvalue weighted by Gasteiger charge is 2.19. The Morgan fingerprint density at radius 2 is 1.73 bits per heavy atom. The van der Waals surface area contributed by atoms with Gasteiger partial charge in [0.15, 0.2) is 5.96 Å². The number of piperidine rings is 1. The van der Waals surface area contributed by atoms with Crippen LogP contribution in [0.3, 0.4) is 0 Å². The molecule has 0 bridgehead atoms. The number of hydrogen-bond donors (Lipinski definition) is 1. The van der Waals surface area contributed by atoms with Gasteiger partial charge in [0.25, 0.3) is 0 Å². The van der Waals surface area contributed by atoms with Gasteiger partial charge in [-0.1, -0.05) is 12.8 Å². The average Bonchev–Trinajstić information content (AvgIpc) is 2.81. The second kappa shape index (κ2) is 11.5. The number of ether oxygens (including phenoxy) is 1. The normalized spacial score (nSPS) is 22.2. The Labute approximate surface area is 152 Å². The number of rotatable bonds is 5. The van der Waals surface area contributed by atoms with Crippen LogP contribution in [0.25, 0.3) is 0 Å². The Bertz CT molecular complexity index is 311. The van der Waals surface area contributed by atoms with Crippen LogP contribution in [0.2, 0.25) is 0 Å². The molecule has 0 spiro atoms. The zero-order valence-corrected chi connectivity index (χ0v) is 16.3. The van der Waals surface area contributed by atoms with E-state index in [0.29, 0.717) is 5.92 Å². The van der Waals surface area contributed by atoms with Crippen molar-refractivity contribution in [2.45, 2.75) is 38.5 Å². The van der Waals surface area contributed by atoms with Crippen molar-refractivity contribution in [2.24, 2.45) is 16.6 Å². The van der Waals surface area contributed by atoms with Crippen LogP contribution in [0.15, 0.2) is 4.99 Å². The van der Waals surface area contributed by atoms with Gasteiger partial charge >= 0.3 is 0 Å². The fraction of sp³-hybridized carbons (Fsp3) is 0.938. The standard InChI is InChI=1S/C16H32N4O.HI/c1-21-13-12-19-10-6-15(7-11-19)14-18-16(17)20-8-4-2-3-5-9-20;/h15H,2-14H2,1H3,(H2,17,18);1H. The monoisotopic (exact) mass is 424 g/mol. The molecule has 0 saturated carbocycles. The van der Waals surface area contributed by atoms with Crippen LogP contribution in [0.1, 0.15) is 38.5 Å². The van der Waals surface area contributed by atoms with Gasteiger partial charge < -0.3 is 20.3 Å². The summed E-state index contributed by atoms with van der Waals surface area (Å²) in [4.78, 5) is 9.44. The minimum absolute atomic E-state index is 0. The Morgan fingerprint density at radius 3 is 2.32 bits per heavy atom. The van der Waals surface area contributed by atoms with Gasteiger partial charge in [0.2, 0.25) is 0 Å². The maximum atomic E-state index is 6.18. The Balaban J connectivity index is 0.00000242. The number of halogens is 1. The van der Waals surface area contributed by atoms with Gasteiger partial charge in [-0.15, -0.1) is 24.0 Å². The molecule has 22 heavy (non-hydrogen) atoms. The van der Waals surface area contributed by atoms with Crippen LogP contribution in [0.4, 0.5) is 0 Å². The van der Waals surface area contributed by atoms with Gasteiger partial charge in [0, 0.05) is 33.3 Å². The van der Waals surface area contributed by atoms with Gasteiger partial charge in [-0.05, 0) is 44.7 Å². The number of guanidine groups is 1. The molecule has 0 radical (unpaired) electrons. The minimum atomic E-state index is 0. The molecular formula is C16H33IN4O. The van der Waals surface area contributed by atoms with Crippen molar-refractivity contribution in [3.8, 4) is 0 Å². The molecule has 0 aromatic rings. The molecule has 0 aromatic heterocycles. The first-order valence-corrected chi connectivity index (χ1v) is 8.55. The smallest absolute Gasteiger partial charge is 0.191 e. The van der Waals surface area contributed by atoms with E-state index in [1.54, 1.807) is 7.11 Å². The number of hydrogen-bond acceptors (Lipinski definition) is 3. The maximum Gasteiger partial charge on any atom is 0.191 e. The lowest BCUT2D eigenvalue weighted by atomic mass is 9.97. The van der Waals surface area contributed by atoms with Crippen LogP contribution in [0, 0.1) is 5.92 Å². The summed E-state index contributed by atoms with van der Waals surface area (Å²) < 4.78 is 5.14. The predicted octanol–water partition coefficient (Wildman–Crippen LogP) is 2.15. The lowest BCUT2D eigenvalue weighted by molar-refractivity contribution is 0.121. The molecule has 2 N–H and O–H groups in total. The molecule has 0 unspecified atom stereocenters. The second-order valence-corrected chi connectivity index (χ2v) is 6.38. The first-order valence-electron chi connectivity index (χ1n) is 8.55. The molecule has 2 saturated heterocycles. The van der Waals surface area contributed by atoms with Gasteiger partial charge in [0.1, 0.15) is 0 Å². The van der Waals surface area contributed by atoms with E-state index in [-0.39, 0.29) is 24.0 Å². The first-order chi connectivity index (χ1) is 10.3. The third-order valence-electron chi connectivity index (χ3n) is 4.76. The number of nitrogens with zero attached hydrogens (tertiary/aromatic N) is 3. The maximum absolute atomic E-state index is 6.18. The summed E-state index contributed by atoms with van der Waals surface area (Å²) in [6.45, 7) is 7.32. The van der Waals surface area contributed by atoms with Gasteiger partial charge in [-0.2, -0.15) is 0 Å². The molecule has 0 aromatic carbocycles. The van der Waals surface area contributed by atoms with Crippen LogP contribution < -0.4 is 5.73 Å². The van der Waals surface area contributed by atoms with E-state index < -0.39 is 0 Å². The van der Waals surface area contributed by atoms with Crippen molar-refractivity contribution in [1.29, 1.82) is 0 Å². The van der Waals surface area contributed by atoms with Crippen molar-refractivity contribution in [2.75, 3.05) is 53.0 Å². The van der Waals surface area contributed by atoms with Crippen molar-refractivity contribution in [3.63, 3.8) is 0 Å². The van der Waals surface area contributed by atoms with Crippen molar-refractivity contribution in [3.05, 3.63) is 0 Å². The Morgan fingerprint density at radius 1 is 1.09 bits per heavy atom. The first kappa shape index (κ1) is 20.0. The van der Waals surface area contributed by atoms with E-state index in [1.165, 1.54) is 51.6 Å². The lowest BCUT2D eigenvalue weighted by Gasteiger charge is -2.31. The van der Waals surface area contributed by atoms with Crippen molar-refractivity contribution < 1.29 is 4.74 Å². The highest BCUT2D eigenvalue weighted by Crippen LogP contribution is 2.17. The van der Waals surface area contributed by atoms with E-state index in [1.807, 2.05) is 0 Å². The predicted molar refractivity (Wildman–Crippen MR) is 103 cm³/mol. The molecule has 0 aliphatic carbocycles. The molecule has 0 atom stereocenters. The van der Waals surface area contributed by atoms with E-state index in [9.17, 15) is 0 Å². The molecule has 130 valence electrons. The van der Waals surface area contributed by atoms with Crippen LogP contribution >= 0.6 is 24.0 Å². The van der Waals surface area contributed by atoms with Gasteiger partial charge in [0.05, 0.1) is 6.61 Å². The SMILES string of the molecule is COCCN1CCC(CN=C(N)N2CCCCCC2)CC1.I. The van der Waals surface area contributed by atoms with Crippen LogP contribution in [0.5, 0.6) is 0 Å². The molecule has 2 aliphatic heterocycles. The van der Waals surface area contributed by atoms with E-state index in [4.69, 9.17) is 10.5 Å². The third-order valence-corrected chi connectivity index (χ3v) is 4.76. The largest absolute Gasteiger partial charge is 0.383 e. The number of aliphatic imine (C=N–C) groups is 1. The van der Waals surface area contributed by atoms with Gasteiger partial charge in [-0.25, -0.2) is 0 Å². The molecule has 0 amide bonds. The molecule has 5 nitrogen and oxygen atoms in total. The summed E-state index contributed by atoms with van der Waals surface area (Å²) >= 11 is 0. The highest BCUT2D eigenvalue weighted by molar-refractivity contribution is 14.0. The Hall–Kier alpha value is -0.0800. The fourth-order valence-electron chi connectivity index (χ4n) is 3.24. The molecule has 2 heterocycles. The fourth-order valence-corrected chi connectivity index (χ4v) is 3.24. The molecule has 6 heteroatoms. The number of methoxy groups -OCH3 is 1. The zero-order chi connectivity index (χ0) is 14.9. The zero-order valence-electron chi connectivity index (χ0n) is 14.0. The summed E-state index contributed by atoms with van der Waals surface area (Å²) in [7, 11) is 1.77. The lowest BCUT2D eigenvalue weighted by Crippen LogP contribution is -2.39. The topological polar surface area (TPSA) is 54.1 Å². The highest BCUT2D eigenvalue weighted by atomic mass is 127. The average molecular weight is 424 g/mol.